The van der Waals surface area contributed by atoms with Crippen LogP contribution in [0.3, 0.4) is 0 Å². The highest BCUT2D eigenvalue weighted by Crippen LogP contribution is 2.31. The van der Waals surface area contributed by atoms with Crippen molar-refractivity contribution in [3.63, 3.8) is 0 Å². The van der Waals surface area contributed by atoms with E-state index in [1.807, 2.05) is 24.3 Å². The van der Waals surface area contributed by atoms with E-state index < -0.39 is 6.10 Å². The summed E-state index contributed by atoms with van der Waals surface area (Å²) in [7, 11) is 0. The van der Waals surface area contributed by atoms with Crippen molar-refractivity contribution in [1.29, 1.82) is 0 Å². The summed E-state index contributed by atoms with van der Waals surface area (Å²) in [5, 5.41) is 10.6. The van der Waals surface area contributed by atoms with Crippen LogP contribution in [-0.4, -0.2) is 5.11 Å². The zero-order chi connectivity index (χ0) is 14.8. The van der Waals surface area contributed by atoms with Crippen molar-refractivity contribution in [3.8, 4) is 0 Å². The molecule has 1 heteroatoms. The second-order valence-electron chi connectivity index (χ2n) is 6.55. The molecule has 0 fully saturated rings. The van der Waals surface area contributed by atoms with Gasteiger partial charge in [-0.15, -0.1) is 0 Å². The van der Waals surface area contributed by atoms with Crippen LogP contribution in [-0.2, 0) is 11.8 Å². The normalized spacial score (nSPS) is 13.2. The molecule has 2 aromatic carbocycles. The van der Waals surface area contributed by atoms with Crippen molar-refractivity contribution >= 4 is 0 Å². The van der Waals surface area contributed by atoms with Gasteiger partial charge in [0.05, 0.1) is 6.10 Å². The van der Waals surface area contributed by atoms with Crippen LogP contribution in [0.1, 0.15) is 49.1 Å². The standard InChI is InChI=1S/C19H24O/c1-14-8-7-9-15(12-14)13-18(20)16-10-5-6-11-17(16)19(2,3)4/h5-12,18,20H,13H2,1-4H3. The quantitative estimate of drug-likeness (QED) is 0.864. The van der Waals surface area contributed by atoms with Crippen LogP contribution in [0, 0.1) is 6.92 Å². The molecule has 0 spiro atoms. The van der Waals surface area contributed by atoms with E-state index >= 15 is 0 Å². The van der Waals surface area contributed by atoms with Gasteiger partial charge < -0.3 is 5.11 Å². The number of hydrogen-bond donors (Lipinski definition) is 1. The van der Waals surface area contributed by atoms with Crippen LogP contribution >= 0.6 is 0 Å². The summed E-state index contributed by atoms with van der Waals surface area (Å²) in [5.74, 6) is 0. The summed E-state index contributed by atoms with van der Waals surface area (Å²) in [6.07, 6.45) is 0.210. The highest BCUT2D eigenvalue weighted by Gasteiger charge is 2.21. The highest BCUT2D eigenvalue weighted by atomic mass is 16.3. The van der Waals surface area contributed by atoms with E-state index in [0.717, 1.165) is 5.56 Å². The highest BCUT2D eigenvalue weighted by molar-refractivity contribution is 5.35. The minimum Gasteiger partial charge on any atom is -0.388 e. The first-order valence-corrected chi connectivity index (χ1v) is 7.21. The van der Waals surface area contributed by atoms with E-state index in [1.54, 1.807) is 0 Å². The van der Waals surface area contributed by atoms with Gasteiger partial charge in [0, 0.05) is 6.42 Å². The van der Waals surface area contributed by atoms with Gasteiger partial charge in [-0.3, -0.25) is 0 Å². The third kappa shape index (κ3) is 3.49. The Hall–Kier alpha value is -1.60. The lowest BCUT2D eigenvalue weighted by Crippen LogP contribution is -2.16. The third-order valence-electron chi connectivity index (χ3n) is 3.64. The Balaban J connectivity index is 2.28. The Morgan fingerprint density at radius 1 is 1.00 bits per heavy atom. The van der Waals surface area contributed by atoms with Gasteiger partial charge >= 0.3 is 0 Å². The van der Waals surface area contributed by atoms with Gasteiger partial charge in [-0.25, -0.2) is 0 Å². The minimum absolute atomic E-state index is 0.0458. The van der Waals surface area contributed by atoms with Crippen molar-refractivity contribution in [2.75, 3.05) is 0 Å². The first kappa shape index (κ1) is 14.8. The van der Waals surface area contributed by atoms with E-state index in [9.17, 15) is 5.11 Å². The molecule has 0 amide bonds. The maximum absolute atomic E-state index is 10.6. The summed E-state index contributed by atoms with van der Waals surface area (Å²) in [6.45, 7) is 8.64. The molecule has 0 aliphatic carbocycles. The molecule has 0 saturated heterocycles. The molecule has 1 atom stereocenters. The molecule has 1 nitrogen and oxygen atoms in total. The number of aliphatic hydroxyl groups excluding tert-OH is 1. The molecule has 1 N–H and O–H groups in total. The topological polar surface area (TPSA) is 20.2 Å². The van der Waals surface area contributed by atoms with Crippen LogP contribution in [0.25, 0.3) is 0 Å². The van der Waals surface area contributed by atoms with Crippen LogP contribution in [0.2, 0.25) is 0 Å². The Bertz CT molecular complexity index is 578. The molecule has 0 aliphatic rings. The maximum atomic E-state index is 10.6. The van der Waals surface area contributed by atoms with E-state index in [-0.39, 0.29) is 5.41 Å². The molecule has 20 heavy (non-hydrogen) atoms. The zero-order valence-electron chi connectivity index (χ0n) is 12.9. The summed E-state index contributed by atoms with van der Waals surface area (Å²) >= 11 is 0. The summed E-state index contributed by atoms with van der Waals surface area (Å²) in [6, 6.07) is 16.6. The van der Waals surface area contributed by atoms with Crippen molar-refractivity contribution < 1.29 is 5.11 Å². The Morgan fingerprint density at radius 3 is 2.35 bits per heavy atom. The van der Waals surface area contributed by atoms with E-state index in [1.165, 1.54) is 16.7 Å². The number of rotatable bonds is 3. The molecule has 1 unspecified atom stereocenters. The molecule has 0 heterocycles. The van der Waals surface area contributed by atoms with E-state index in [2.05, 4.69) is 52.0 Å². The van der Waals surface area contributed by atoms with Crippen molar-refractivity contribution in [2.24, 2.45) is 0 Å². The molecule has 0 radical (unpaired) electrons. The molecule has 0 bridgehead atoms. The molecular weight excluding hydrogens is 244 g/mol. The molecular formula is C19H24O. The fraction of sp³-hybridized carbons (Fsp3) is 0.368. The SMILES string of the molecule is Cc1cccc(CC(O)c2ccccc2C(C)(C)C)c1. The van der Waals surface area contributed by atoms with Gasteiger partial charge in [-0.05, 0) is 29.0 Å². The molecule has 0 aromatic heterocycles. The van der Waals surface area contributed by atoms with Crippen LogP contribution in [0.15, 0.2) is 48.5 Å². The first-order chi connectivity index (χ1) is 9.38. The van der Waals surface area contributed by atoms with Gasteiger partial charge in [0.2, 0.25) is 0 Å². The van der Waals surface area contributed by atoms with E-state index in [0.29, 0.717) is 6.42 Å². The minimum atomic E-state index is -0.452. The molecule has 2 rings (SSSR count). The van der Waals surface area contributed by atoms with Gasteiger partial charge in [0.15, 0.2) is 0 Å². The molecule has 106 valence electrons. The monoisotopic (exact) mass is 268 g/mol. The largest absolute Gasteiger partial charge is 0.388 e. The van der Waals surface area contributed by atoms with Crippen LogP contribution < -0.4 is 0 Å². The maximum Gasteiger partial charge on any atom is 0.0833 e. The van der Waals surface area contributed by atoms with Crippen molar-refractivity contribution in [1.82, 2.24) is 0 Å². The Labute approximate surface area is 122 Å². The van der Waals surface area contributed by atoms with Crippen molar-refractivity contribution in [3.05, 3.63) is 70.8 Å². The van der Waals surface area contributed by atoms with Gasteiger partial charge in [0.1, 0.15) is 0 Å². The first-order valence-electron chi connectivity index (χ1n) is 7.21. The van der Waals surface area contributed by atoms with Crippen LogP contribution in [0.4, 0.5) is 0 Å². The number of aryl methyl sites for hydroxylation is 1. The average Bonchev–Trinajstić information content (AvgIpc) is 2.37. The summed E-state index contributed by atoms with van der Waals surface area (Å²) < 4.78 is 0. The number of aliphatic hydroxyl groups is 1. The fourth-order valence-corrected chi connectivity index (χ4v) is 2.64. The molecule has 2 aromatic rings. The summed E-state index contributed by atoms with van der Waals surface area (Å²) in [4.78, 5) is 0. The second-order valence-corrected chi connectivity index (χ2v) is 6.55. The molecule has 0 saturated carbocycles. The predicted molar refractivity (Wildman–Crippen MR) is 85.0 cm³/mol. The lowest BCUT2D eigenvalue weighted by molar-refractivity contribution is 0.176. The Kier molecular flexibility index (Phi) is 4.29. The van der Waals surface area contributed by atoms with E-state index in [4.69, 9.17) is 0 Å². The second kappa shape index (κ2) is 5.80. The summed E-state index contributed by atoms with van der Waals surface area (Å²) in [5.41, 5.74) is 4.73. The van der Waals surface area contributed by atoms with Gasteiger partial charge in [-0.1, -0.05) is 74.9 Å². The average molecular weight is 268 g/mol. The van der Waals surface area contributed by atoms with Crippen LogP contribution in [0.5, 0.6) is 0 Å². The fourth-order valence-electron chi connectivity index (χ4n) is 2.64. The van der Waals surface area contributed by atoms with Gasteiger partial charge in [0.25, 0.3) is 0 Å². The third-order valence-corrected chi connectivity index (χ3v) is 3.64. The number of hydrogen-bond acceptors (Lipinski definition) is 1. The lowest BCUT2D eigenvalue weighted by atomic mass is 9.81. The lowest BCUT2D eigenvalue weighted by Gasteiger charge is -2.25. The Morgan fingerprint density at radius 2 is 1.70 bits per heavy atom. The zero-order valence-corrected chi connectivity index (χ0v) is 12.9. The smallest absolute Gasteiger partial charge is 0.0833 e. The van der Waals surface area contributed by atoms with Gasteiger partial charge in [-0.2, -0.15) is 0 Å². The van der Waals surface area contributed by atoms with Crippen molar-refractivity contribution in [2.45, 2.75) is 45.6 Å². The number of benzene rings is 2. The molecule has 0 aliphatic heterocycles. The predicted octanol–water partition coefficient (Wildman–Crippen LogP) is 4.57.